The Labute approximate surface area is 183 Å². The highest BCUT2D eigenvalue weighted by atomic mass is 16.5. The Bertz CT molecular complexity index is 903. The molecule has 1 unspecified atom stereocenters. The molecule has 170 valence electrons. The zero-order chi connectivity index (χ0) is 22.7. The summed E-state index contributed by atoms with van der Waals surface area (Å²) in [6.45, 7) is 11.2. The number of ether oxygens (including phenoxy) is 1. The predicted molar refractivity (Wildman–Crippen MR) is 125 cm³/mol. The summed E-state index contributed by atoms with van der Waals surface area (Å²) < 4.78 is 5.22. The number of para-hydroxylation sites is 1. The van der Waals surface area contributed by atoms with Crippen LogP contribution in [0.25, 0.3) is 0 Å². The maximum absolute atomic E-state index is 10.5. The van der Waals surface area contributed by atoms with Crippen LogP contribution in [0.5, 0.6) is 11.5 Å². The molecule has 1 aliphatic heterocycles. The second kappa shape index (κ2) is 9.44. The van der Waals surface area contributed by atoms with E-state index in [1.165, 1.54) is 7.11 Å². The number of hydrogen-bond donors (Lipinski definition) is 5. The molecule has 0 amide bonds. The third-order valence-electron chi connectivity index (χ3n) is 4.91. The summed E-state index contributed by atoms with van der Waals surface area (Å²) in [5.41, 5.74) is 10.9. The molecule has 10 heteroatoms. The summed E-state index contributed by atoms with van der Waals surface area (Å²) in [7, 11) is 1.53. The lowest BCUT2D eigenvalue weighted by Gasteiger charge is -2.27. The fraction of sp³-hybridized carbons (Fsp3) is 0.524. The van der Waals surface area contributed by atoms with E-state index in [2.05, 4.69) is 43.9 Å². The zero-order valence-corrected chi connectivity index (χ0v) is 19.1. The summed E-state index contributed by atoms with van der Waals surface area (Å²) >= 11 is 0. The lowest BCUT2D eigenvalue weighted by atomic mass is 10.2. The standard InChI is InChI=1S/C21H34N8O2/c1-12(2)28-17-19(23-11-15-8-7-9-16(31-6)18(15)30)25-21(24-10-14(5)22)26-20(17)29(27-28)13(3)4/h7-9,12-14,27,30H,10-11,22H2,1-6H3,(H2,23,24,25,26). The van der Waals surface area contributed by atoms with Crippen molar-refractivity contribution < 1.29 is 9.84 Å². The molecule has 0 fully saturated rings. The van der Waals surface area contributed by atoms with Crippen LogP contribution < -0.4 is 36.7 Å². The van der Waals surface area contributed by atoms with E-state index >= 15 is 0 Å². The van der Waals surface area contributed by atoms with Gasteiger partial charge in [0.25, 0.3) is 0 Å². The molecule has 0 spiro atoms. The Balaban J connectivity index is 2.00. The SMILES string of the molecule is COc1cccc(CNc2nc(NCC(C)N)nc3c2N(C(C)C)NN3C(C)C)c1O. The van der Waals surface area contributed by atoms with Crippen molar-refractivity contribution >= 4 is 23.3 Å². The van der Waals surface area contributed by atoms with Crippen LogP contribution in [0, 0.1) is 0 Å². The lowest BCUT2D eigenvalue weighted by Crippen LogP contribution is -2.50. The summed E-state index contributed by atoms with van der Waals surface area (Å²) in [5, 5.41) is 21.1. The van der Waals surface area contributed by atoms with Crippen molar-refractivity contribution in [2.45, 2.75) is 59.3 Å². The third kappa shape index (κ3) is 4.86. The molecule has 6 N–H and O–H groups in total. The summed E-state index contributed by atoms with van der Waals surface area (Å²) in [6, 6.07) is 5.72. The van der Waals surface area contributed by atoms with Gasteiger partial charge < -0.3 is 26.2 Å². The molecule has 1 aromatic carbocycles. The van der Waals surface area contributed by atoms with Crippen molar-refractivity contribution in [2.75, 3.05) is 34.3 Å². The van der Waals surface area contributed by atoms with Crippen molar-refractivity contribution in [3.05, 3.63) is 23.8 Å². The molecule has 0 aliphatic carbocycles. The van der Waals surface area contributed by atoms with Crippen LogP contribution in [0.15, 0.2) is 18.2 Å². The highest BCUT2D eigenvalue weighted by Crippen LogP contribution is 2.40. The van der Waals surface area contributed by atoms with E-state index in [9.17, 15) is 5.11 Å². The molecule has 0 radical (unpaired) electrons. The molecular weight excluding hydrogens is 396 g/mol. The van der Waals surface area contributed by atoms with Gasteiger partial charge in [-0.3, -0.25) is 10.0 Å². The maximum Gasteiger partial charge on any atom is 0.226 e. The molecule has 1 aliphatic rings. The first-order valence-electron chi connectivity index (χ1n) is 10.6. The number of nitrogens with one attached hydrogen (secondary N) is 3. The fourth-order valence-electron chi connectivity index (χ4n) is 3.29. The Morgan fingerprint density at radius 2 is 1.81 bits per heavy atom. The van der Waals surface area contributed by atoms with Gasteiger partial charge in [-0.2, -0.15) is 9.97 Å². The Hall–Kier alpha value is -2.98. The number of nitrogens with two attached hydrogens (primary N) is 1. The molecule has 0 saturated heterocycles. The first-order valence-corrected chi connectivity index (χ1v) is 10.6. The van der Waals surface area contributed by atoms with Crippen molar-refractivity contribution in [2.24, 2.45) is 5.73 Å². The van der Waals surface area contributed by atoms with Crippen LogP contribution >= 0.6 is 0 Å². The normalized spacial score (nSPS) is 14.2. The largest absolute Gasteiger partial charge is 0.504 e. The molecule has 3 rings (SSSR count). The van der Waals surface area contributed by atoms with Gasteiger partial charge in [0.05, 0.1) is 7.11 Å². The number of aromatic hydroxyl groups is 1. The number of aromatic nitrogens is 2. The number of fused-ring (bicyclic) bond motifs is 1. The van der Waals surface area contributed by atoms with Crippen LogP contribution in [0.4, 0.5) is 23.3 Å². The zero-order valence-electron chi connectivity index (χ0n) is 19.1. The van der Waals surface area contributed by atoms with Crippen molar-refractivity contribution in [1.82, 2.24) is 15.5 Å². The van der Waals surface area contributed by atoms with E-state index in [1.807, 2.05) is 29.1 Å². The topological polar surface area (TPSA) is 124 Å². The number of anilines is 4. The number of phenolic OH excluding ortho intramolecular Hbond substituents is 1. The maximum atomic E-state index is 10.5. The van der Waals surface area contributed by atoms with Crippen LogP contribution in [0.3, 0.4) is 0 Å². The fourth-order valence-corrected chi connectivity index (χ4v) is 3.29. The molecule has 31 heavy (non-hydrogen) atoms. The average Bonchev–Trinajstić information content (AvgIpc) is 3.11. The van der Waals surface area contributed by atoms with E-state index in [0.29, 0.717) is 36.2 Å². The molecular formula is C21H34N8O2. The number of hydrazine groups is 2. The smallest absolute Gasteiger partial charge is 0.226 e. The number of phenols is 1. The van der Waals surface area contributed by atoms with Gasteiger partial charge in [-0.05, 0) is 40.7 Å². The highest BCUT2D eigenvalue weighted by Gasteiger charge is 2.34. The number of rotatable bonds is 9. The van der Waals surface area contributed by atoms with Gasteiger partial charge in [0.2, 0.25) is 5.95 Å². The van der Waals surface area contributed by atoms with Gasteiger partial charge in [-0.25, -0.2) is 0 Å². The predicted octanol–water partition coefficient (Wildman–Crippen LogP) is 2.42. The highest BCUT2D eigenvalue weighted by molar-refractivity contribution is 5.83. The first kappa shape index (κ1) is 22.7. The van der Waals surface area contributed by atoms with E-state index in [4.69, 9.17) is 20.4 Å². The summed E-state index contributed by atoms with van der Waals surface area (Å²) in [6.07, 6.45) is 0. The minimum atomic E-state index is -0.0338. The van der Waals surface area contributed by atoms with Crippen molar-refractivity contribution in [1.29, 1.82) is 0 Å². The van der Waals surface area contributed by atoms with Gasteiger partial charge in [0, 0.05) is 36.8 Å². The van der Waals surface area contributed by atoms with Gasteiger partial charge >= 0.3 is 0 Å². The molecule has 2 aromatic rings. The molecule has 1 atom stereocenters. The van der Waals surface area contributed by atoms with Gasteiger partial charge in [0.1, 0.15) is 5.69 Å². The third-order valence-corrected chi connectivity index (χ3v) is 4.91. The lowest BCUT2D eigenvalue weighted by molar-refractivity contribution is 0.371. The monoisotopic (exact) mass is 430 g/mol. The number of nitrogens with zero attached hydrogens (tertiary/aromatic N) is 4. The Morgan fingerprint density at radius 3 is 2.42 bits per heavy atom. The van der Waals surface area contributed by atoms with Crippen LogP contribution in [-0.4, -0.2) is 46.9 Å². The van der Waals surface area contributed by atoms with E-state index < -0.39 is 0 Å². The quantitative estimate of drug-likeness (QED) is 0.405. The van der Waals surface area contributed by atoms with Crippen LogP contribution in [-0.2, 0) is 6.54 Å². The van der Waals surface area contributed by atoms with E-state index in [0.717, 1.165) is 11.5 Å². The van der Waals surface area contributed by atoms with Gasteiger partial charge in [-0.1, -0.05) is 12.1 Å². The number of hydrogen-bond acceptors (Lipinski definition) is 10. The first-order chi connectivity index (χ1) is 14.7. The summed E-state index contributed by atoms with van der Waals surface area (Å²) in [4.78, 5) is 9.48. The van der Waals surface area contributed by atoms with Gasteiger partial charge in [0.15, 0.2) is 23.1 Å². The number of methoxy groups -OCH3 is 1. The van der Waals surface area contributed by atoms with Crippen LogP contribution in [0.1, 0.15) is 40.2 Å². The Morgan fingerprint density at radius 1 is 1.10 bits per heavy atom. The Kier molecular flexibility index (Phi) is 6.91. The molecule has 0 bridgehead atoms. The number of benzene rings is 1. The average molecular weight is 431 g/mol. The second-order valence-corrected chi connectivity index (χ2v) is 8.28. The minimum Gasteiger partial charge on any atom is -0.504 e. The molecule has 2 heterocycles. The van der Waals surface area contributed by atoms with Gasteiger partial charge in [-0.15, -0.1) is 5.53 Å². The molecule has 10 nitrogen and oxygen atoms in total. The molecule has 0 saturated carbocycles. The van der Waals surface area contributed by atoms with Crippen molar-refractivity contribution in [3.63, 3.8) is 0 Å². The van der Waals surface area contributed by atoms with Crippen molar-refractivity contribution in [3.8, 4) is 11.5 Å². The summed E-state index contributed by atoms with van der Waals surface area (Å²) in [5.74, 6) is 2.47. The van der Waals surface area contributed by atoms with E-state index in [1.54, 1.807) is 6.07 Å². The second-order valence-electron chi connectivity index (χ2n) is 8.28. The van der Waals surface area contributed by atoms with Crippen LogP contribution in [0.2, 0.25) is 0 Å². The van der Waals surface area contributed by atoms with E-state index in [-0.39, 0.29) is 23.9 Å². The minimum absolute atomic E-state index is 0.0338. The molecule has 1 aromatic heterocycles.